The number of rotatable bonds is 24. The van der Waals surface area contributed by atoms with Gasteiger partial charge in [0.1, 0.15) is 35.1 Å². The highest BCUT2D eigenvalue weighted by Crippen LogP contribution is 2.46. The van der Waals surface area contributed by atoms with E-state index in [1.807, 2.05) is 100 Å². The Balaban J connectivity index is 1.20. The van der Waals surface area contributed by atoms with Gasteiger partial charge in [0.05, 0.1) is 13.2 Å². The maximum Gasteiger partial charge on any atom is 0.259 e. The second kappa shape index (κ2) is 33.1. The Hall–Kier alpha value is -10.2. The third kappa shape index (κ3) is 16.6. The highest BCUT2D eigenvalue weighted by molar-refractivity contribution is 6.11. The van der Waals surface area contributed by atoms with Gasteiger partial charge in [-0.15, -0.1) is 0 Å². The van der Waals surface area contributed by atoms with Crippen LogP contribution in [0.5, 0.6) is 23.0 Å². The van der Waals surface area contributed by atoms with Crippen molar-refractivity contribution in [3.8, 4) is 23.0 Å². The van der Waals surface area contributed by atoms with E-state index in [-0.39, 0.29) is 74.3 Å². The minimum absolute atomic E-state index is 0.0620. The second-order valence-electron chi connectivity index (χ2n) is 27.4. The first-order valence-corrected chi connectivity index (χ1v) is 35.7. The normalized spacial score (nSPS) is 14.5. The topological polar surface area (TPSA) is 216 Å². The predicted octanol–water partition coefficient (Wildman–Crippen LogP) is 16.2. The van der Waals surface area contributed by atoms with Gasteiger partial charge in [-0.3, -0.25) is 38.6 Å². The molecule has 8 bridgehead atoms. The van der Waals surface area contributed by atoms with Gasteiger partial charge in [-0.2, -0.15) is 0 Å². The minimum Gasteiger partial charge on any atom is -0.507 e. The van der Waals surface area contributed by atoms with Gasteiger partial charge in [0.25, 0.3) is 11.8 Å². The summed E-state index contributed by atoms with van der Waals surface area (Å²) in [5.74, 6) is -1.05. The second-order valence-corrected chi connectivity index (χ2v) is 27.4. The Kier molecular flexibility index (Phi) is 23.5. The number of hydrogen-bond acceptors (Lipinski definition) is 10. The lowest BCUT2D eigenvalue weighted by molar-refractivity contribution is -0.124. The molecule has 8 aromatic rings. The number of carbonyl (C=O) groups excluding carboxylic acids is 6. The summed E-state index contributed by atoms with van der Waals surface area (Å²) in [7, 11) is 0. The number of carbonyl (C=O) groups is 6. The number of aromatic hydroxyl groups is 2. The van der Waals surface area contributed by atoms with E-state index in [0.29, 0.717) is 127 Å². The monoisotopic (exact) mass is 1350 g/mol. The number of ether oxygens (including phenoxy) is 2. The van der Waals surface area contributed by atoms with Crippen LogP contribution in [0.1, 0.15) is 214 Å². The van der Waals surface area contributed by atoms with Crippen LogP contribution in [0, 0.1) is 27.7 Å². The lowest BCUT2D eigenvalue weighted by Crippen LogP contribution is -2.47. The summed E-state index contributed by atoms with van der Waals surface area (Å²) < 4.78 is 14.0. The van der Waals surface area contributed by atoms with Crippen molar-refractivity contribution in [3.05, 3.63) is 235 Å². The molecule has 6 N–H and O–H groups in total. The van der Waals surface area contributed by atoms with E-state index >= 15 is 19.2 Å². The summed E-state index contributed by atoms with van der Waals surface area (Å²) in [6, 6.07) is 41.0. The van der Waals surface area contributed by atoms with Crippen LogP contribution in [0.3, 0.4) is 0 Å². The van der Waals surface area contributed by atoms with Gasteiger partial charge >= 0.3 is 0 Å². The molecule has 0 aliphatic heterocycles. The Morgan fingerprint density at radius 3 is 1.11 bits per heavy atom. The molecule has 0 aromatic heterocycles. The van der Waals surface area contributed by atoms with Gasteiger partial charge in [-0.25, -0.2) is 0 Å². The SMILES string of the molecule is CCCCOc1c2cc(N(C(=O)c3ccccc3)C(C(=O)NC3CCCCC3)c3ccc(C)cc3C)cc1Cc1cc(NC=O)cc(c1O)Cc1cc(N(C(=O)c3ccccc3)C(C(=O)NC3CCCCC3)c3ccc(C)cc3C)cc(c1OCCCC)Cc1cc(NC=O)cc(c1O)C2. The van der Waals surface area contributed by atoms with Gasteiger partial charge in [-0.05, 0) is 161 Å². The largest absolute Gasteiger partial charge is 0.507 e. The number of fused-ring (bicyclic) bond motifs is 8. The van der Waals surface area contributed by atoms with Gasteiger partial charge in [-0.1, -0.05) is 149 Å². The van der Waals surface area contributed by atoms with Gasteiger partial charge in [0.2, 0.25) is 24.6 Å². The highest BCUT2D eigenvalue weighted by atomic mass is 16.5. The zero-order chi connectivity index (χ0) is 70.4. The first kappa shape index (κ1) is 71.1. The van der Waals surface area contributed by atoms with Crippen LogP contribution < -0.4 is 40.5 Å². The van der Waals surface area contributed by atoms with Crippen molar-refractivity contribution in [2.24, 2.45) is 0 Å². The first-order chi connectivity index (χ1) is 48.5. The molecule has 16 heteroatoms. The standard InChI is InChI=1S/C84H94N6O10/c1-7-9-35-99-79-63-39-59-43-69(85-51-91)45-61(77(59)93)41-65-49-72(90(84(98)58-25-17-12-18-26-58)76(74-34-32-54(4)38-56(74)6)82(96)88-68-29-21-14-22-30-68)50-66(80(65)100-36-10-8-2)42-62-46-70(86-52-92)44-60(78(62)94)40-64(79)48-71(47-63)89(83(97)57-23-15-11-16-24-57)75(73-33-31-53(3)37-55(73)5)81(95)87-67-27-19-13-20-28-67/h11-12,15-18,23-26,31-34,37-38,43-52,67-68,75-76,93-94H,7-10,13-14,19-22,27-30,35-36,39-42H2,1-6H3,(H,85,91)(H,86,92)(H,87,95)(H,88,96). The average Bonchev–Trinajstić information content (AvgIpc) is 0.762. The van der Waals surface area contributed by atoms with Crippen molar-refractivity contribution in [2.45, 2.75) is 181 Å². The zero-order valence-corrected chi connectivity index (χ0v) is 58.5. The van der Waals surface area contributed by atoms with Crippen LogP contribution in [0.2, 0.25) is 0 Å². The van der Waals surface area contributed by atoms with Crippen molar-refractivity contribution in [2.75, 3.05) is 33.6 Å². The molecule has 0 saturated heterocycles. The Morgan fingerprint density at radius 2 is 0.800 bits per heavy atom. The highest BCUT2D eigenvalue weighted by Gasteiger charge is 2.39. The number of anilines is 4. The van der Waals surface area contributed by atoms with Crippen molar-refractivity contribution < 1.29 is 48.5 Å². The molecule has 2 unspecified atom stereocenters. The van der Waals surface area contributed by atoms with E-state index in [0.717, 1.165) is 99.3 Å². The van der Waals surface area contributed by atoms with E-state index in [1.54, 1.807) is 82.6 Å². The molecule has 16 nitrogen and oxygen atoms in total. The van der Waals surface area contributed by atoms with Gasteiger partial charge < -0.3 is 41.0 Å². The lowest BCUT2D eigenvalue weighted by atomic mass is 9.89. The number of phenols is 2. The smallest absolute Gasteiger partial charge is 0.259 e. The number of unbranched alkanes of at least 4 members (excludes halogenated alkanes) is 2. The number of nitrogens with zero attached hydrogens (tertiary/aromatic N) is 2. The number of phenolic OH excluding ortho intramolecular Hbond substituents is 2. The lowest BCUT2D eigenvalue weighted by Gasteiger charge is -2.35. The Labute approximate surface area is 587 Å². The van der Waals surface area contributed by atoms with Crippen LogP contribution >= 0.6 is 0 Å². The van der Waals surface area contributed by atoms with Crippen molar-refractivity contribution in [3.63, 3.8) is 0 Å². The summed E-state index contributed by atoms with van der Waals surface area (Å²) in [5, 5.41) is 39.2. The molecule has 2 saturated carbocycles. The maximum atomic E-state index is 16.0. The Bertz CT molecular complexity index is 3910. The molecular formula is C84H94N6O10. The third-order valence-corrected chi connectivity index (χ3v) is 19.8. The predicted molar refractivity (Wildman–Crippen MR) is 394 cm³/mol. The minimum atomic E-state index is -1.21. The molecule has 0 heterocycles. The summed E-state index contributed by atoms with van der Waals surface area (Å²) in [4.78, 5) is 92.2. The maximum absolute atomic E-state index is 16.0. The quantitative estimate of drug-likeness (QED) is 0.0191. The molecular weight excluding hydrogens is 1250 g/mol. The van der Waals surface area contributed by atoms with E-state index in [9.17, 15) is 19.8 Å². The number of benzene rings is 8. The molecule has 100 heavy (non-hydrogen) atoms. The van der Waals surface area contributed by atoms with E-state index in [1.165, 1.54) is 0 Å². The Morgan fingerprint density at radius 1 is 0.460 bits per heavy atom. The fraction of sp³-hybridized carbons (Fsp3) is 0.357. The molecule has 8 aromatic carbocycles. The molecule has 11 rings (SSSR count). The first-order valence-electron chi connectivity index (χ1n) is 35.7. The fourth-order valence-electron chi connectivity index (χ4n) is 14.8. The van der Waals surface area contributed by atoms with E-state index in [4.69, 9.17) is 9.47 Å². The van der Waals surface area contributed by atoms with Crippen LogP contribution in [-0.4, -0.2) is 72.0 Å². The van der Waals surface area contributed by atoms with Crippen LogP contribution in [0.25, 0.3) is 0 Å². The molecule has 520 valence electrons. The van der Waals surface area contributed by atoms with Gasteiger partial charge in [0.15, 0.2) is 0 Å². The number of nitrogens with one attached hydrogen (secondary N) is 4. The fourth-order valence-corrected chi connectivity index (χ4v) is 14.8. The summed E-state index contributed by atoms with van der Waals surface area (Å²) in [6.45, 7) is 12.5. The molecule has 2 atom stereocenters. The van der Waals surface area contributed by atoms with Crippen LogP contribution in [-0.2, 0) is 44.9 Å². The summed E-state index contributed by atoms with van der Waals surface area (Å²) in [6.07, 6.45) is 12.9. The van der Waals surface area contributed by atoms with Crippen LogP contribution in [0.4, 0.5) is 22.7 Å². The van der Waals surface area contributed by atoms with E-state index < -0.39 is 23.9 Å². The van der Waals surface area contributed by atoms with Crippen molar-refractivity contribution in [1.29, 1.82) is 0 Å². The third-order valence-electron chi connectivity index (χ3n) is 19.8. The average molecular weight is 1350 g/mol. The summed E-state index contributed by atoms with van der Waals surface area (Å²) in [5.41, 5.74) is 10.3. The summed E-state index contributed by atoms with van der Waals surface area (Å²) >= 11 is 0. The molecule has 3 aliphatic carbocycles. The van der Waals surface area contributed by atoms with E-state index in [2.05, 4.69) is 35.1 Å². The van der Waals surface area contributed by atoms with Crippen LogP contribution in [0.15, 0.2) is 146 Å². The van der Waals surface area contributed by atoms with Gasteiger partial charge in [0, 0.05) is 116 Å². The molecule has 3 aliphatic rings. The van der Waals surface area contributed by atoms with Crippen molar-refractivity contribution >= 4 is 59.2 Å². The molecule has 0 radical (unpaired) electrons. The zero-order valence-electron chi connectivity index (χ0n) is 58.5. The molecule has 2 fully saturated rings. The number of hydrogen-bond donors (Lipinski definition) is 6. The number of aryl methyl sites for hydroxylation is 4. The number of amides is 6. The van der Waals surface area contributed by atoms with Crippen molar-refractivity contribution in [1.82, 2.24) is 10.6 Å². The molecule has 0 spiro atoms. The molecule has 6 amide bonds.